The third-order valence-electron chi connectivity index (χ3n) is 6.93. The van der Waals surface area contributed by atoms with Crippen LogP contribution in [0.1, 0.15) is 10.5 Å². The number of carbonyl (C=O) groups excluding carboxylic acids is 2. The van der Waals surface area contributed by atoms with Gasteiger partial charge in [0.2, 0.25) is 0 Å². The molecule has 1 aliphatic rings. The number of amides is 1. The number of aromatic nitrogens is 2. The molecule has 1 aliphatic heterocycles. The van der Waals surface area contributed by atoms with Gasteiger partial charge in [-0.05, 0) is 60.2 Å². The summed E-state index contributed by atoms with van der Waals surface area (Å²) in [5, 5.41) is 2.80. The van der Waals surface area contributed by atoms with Crippen LogP contribution in [-0.2, 0) is 4.79 Å². The van der Waals surface area contributed by atoms with Crippen molar-refractivity contribution in [2.75, 3.05) is 41.3 Å². The van der Waals surface area contributed by atoms with Crippen molar-refractivity contribution in [3.63, 3.8) is 0 Å². The zero-order valence-corrected chi connectivity index (χ0v) is 20.8. The Morgan fingerprint density at radius 1 is 0.737 bits per heavy atom. The summed E-state index contributed by atoms with van der Waals surface area (Å²) in [7, 11) is 0. The standard InChI is InChI=1S/C31H27N5O2/c37-30(29-27(23-8-2-1-3-9-23)22-26-10-5-7-17-36(26)29)31(38)33-24-12-14-25(15-13-24)34-18-20-35(21-19-34)28-11-4-6-16-32-28/h1-17,22H,18-21H2,(H,33,38). The Labute approximate surface area is 221 Å². The van der Waals surface area contributed by atoms with Crippen molar-refractivity contribution in [2.45, 2.75) is 0 Å². The number of piperazine rings is 1. The molecule has 0 unspecified atom stereocenters. The number of carbonyl (C=O) groups is 2. The van der Waals surface area contributed by atoms with E-state index in [1.807, 2.05) is 109 Å². The van der Waals surface area contributed by atoms with E-state index < -0.39 is 11.7 Å². The average molecular weight is 502 g/mol. The predicted molar refractivity (Wildman–Crippen MR) is 151 cm³/mol. The minimum atomic E-state index is -0.664. The molecule has 0 bridgehead atoms. The van der Waals surface area contributed by atoms with Gasteiger partial charge in [0.05, 0.1) is 0 Å². The Bertz CT molecular complexity index is 1570. The highest BCUT2D eigenvalue weighted by atomic mass is 16.2. The normalized spacial score (nSPS) is 13.5. The maximum absolute atomic E-state index is 13.4. The van der Waals surface area contributed by atoms with E-state index in [2.05, 4.69) is 20.1 Å². The number of pyridine rings is 2. The summed E-state index contributed by atoms with van der Waals surface area (Å²) in [6.45, 7) is 3.53. The molecule has 0 saturated carbocycles. The summed E-state index contributed by atoms with van der Waals surface area (Å²) < 4.78 is 1.78. The molecule has 7 nitrogen and oxygen atoms in total. The highest BCUT2D eigenvalue weighted by Gasteiger charge is 2.25. The van der Waals surface area contributed by atoms with Gasteiger partial charge in [0, 0.05) is 61.0 Å². The lowest BCUT2D eigenvalue weighted by molar-refractivity contribution is -0.112. The Hall–Kier alpha value is -4.91. The molecular weight excluding hydrogens is 474 g/mol. The molecule has 2 aromatic carbocycles. The second kappa shape index (κ2) is 10.2. The molecule has 1 amide bonds. The van der Waals surface area contributed by atoms with Crippen LogP contribution in [0.5, 0.6) is 0 Å². The molecule has 0 aliphatic carbocycles. The molecule has 4 heterocycles. The van der Waals surface area contributed by atoms with E-state index in [-0.39, 0.29) is 0 Å². The smallest absolute Gasteiger partial charge is 0.298 e. The summed E-state index contributed by atoms with van der Waals surface area (Å²) in [6, 6.07) is 30.9. The molecule has 3 aromatic heterocycles. The summed E-state index contributed by atoms with van der Waals surface area (Å²) >= 11 is 0. The van der Waals surface area contributed by atoms with Crippen molar-refractivity contribution in [1.29, 1.82) is 0 Å². The first-order chi connectivity index (χ1) is 18.7. The minimum absolute atomic E-state index is 0.353. The maximum atomic E-state index is 13.4. The van der Waals surface area contributed by atoms with Gasteiger partial charge in [0.25, 0.3) is 11.7 Å². The molecular formula is C31H27N5O2. The number of hydrogen-bond acceptors (Lipinski definition) is 5. The molecule has 0 radical (unpaired) electrons. The van der Waals surface area contributed by atoms with Gasteiger partial charge in [0.1, 0.15) is 11.5 Å². The molecule has 6 rings (SSSR count). The highest BCUT2D eigenvalue weighted by molar-refractivity contribution is 6.47. The Balaban J connectivity index is 1.16. The van der Waals surface area contributed by atoms with E-state index in [9.17, 15) is 9.59 Å². The van der Waals surface area contributed by atoms with Crippen LogP contribution < -0.4 is 15.1 Å². The van der Waals surface area contributed by atoms with E-state index in [0.717, 1.165) is 54.3 Å². The number of hydrogen-bond donors (Lipinski definition) is 1. The van der Waals surface area contributed by atoms with Crippen LogP contribution in [0.3, 0.4) is 0 Å². The lowest BCUT2D eigenvalue weighted by atomic mass is 10.0. The van der Waals surface area contributed by atoms with Crippen molar-refractivity contribution in [1.82, 2.24) is 9.38 Å². The quantitative estimate of drug-likeness (QED) is 0.257. The SMILES string of the molecule is O=C(Nc1ccc(N2CCN(c3ccccn3)CC2)cc1)C(=O)c1c(-c2ccccc2)cc2ccccn12. The molecule has 0 atom stereocenters. The number of rotatable bonds is 6. The fraction of sp³-hybridized carbons (Fsp3) is 0.129. The summed E-state index contributed by atoms with van der Waals surface area (Å²) in [6.07, 6.45) is 3.63. The number of benzene rings is 2. The summed E-state index contributed by atoms with van der Waals surface area (Å²) in [5.74, 6) is -0.242. The number of anilines is 3. The number of fused-ring (bicyclic) bond motifs is 1. The molecule has 38 heavy (non-hydrogen) atoms. The lowest BCUT2D eigenvalue weighted by Gasteiger charge is -2.36. The molecule has 1 fully saturated rings. The molecule has 7 heteroatoms. The van der Waals surface area contributed by atoms with Gasteiger partial charge in [-0.3, -0.25) is 9.59 Å². The first kappa shape index (κ1) is 23.5. The van der Waals surface area contributed by atoms with E-state index in [0.29, 0.717) is 11.4 Å². The van der Waals surface area contributed by atoms with Crippen molar-refractivity contribution in [3.8, 4) is 11.1 Å². The van der Waals surface area contributed by atoms with Gasteiger partial charge in [-0.1, -0.05) is 42.5 Å². The van der Waals surface area contributed by atoms with Gasteiger partial charge in [-0.2, -0.15) is 0 Å². The van der Waals surface area contributed by atoms with Crippen molar-refractivity contribution in [3.05, 3.63) is 115 Å². The van der Waals surface area contributed by atoms with Crippen LogP contribution in [0.2, 0.25) is 0 Å². The molecule has 188 valence electrons. The van der Waals surface area contributed by atoms with Crippen LogP contribution in [0.25, 0.3) is 16.6 Å². The minimum Gasteiger partial charge on any atom is -0.368 e. The van der Waals surface area contributed by atoms with Crippen LogP contribution in [-0.4, -0.2) is 47.3 Å². The monoisotopic (exact) mass is 501 g/mol. The summed E-state index contributed by atoms with van der Waals surface area (Å²) in [4.78, 5) is 35.6. The fourth-order valence-corrected chi connectivity index (χ4v) is 4.98. The van der Waals surface area contributed by atoms with Crippen LogP contribution in [0.15, 0.2) is 109 Å². The average Bonchev–Trinajstić information content (AvgIpc) is 3.38. The maximum Gasteiger partial charge on any atom is 0.298 e. The second-order valence-corrected chi connectivity index (χ2v) is 9.26. The van der Waals surface area contributed by atoms with Gasteiger partial charge in [-0.25, -0.2) is 4.98 Å². The Morgan fingerprint density at radius 3 is 2.18 bits per heavy atom. The van der Waals surface area contributed by atoms with Gasteiger partial charge in [0.15, 0.2) is 0 Å². The van der Waals surface area contributed by atoms with E-state index in [1.54, 1.807) is 4.40 Å². The van der Waals surface area contributed by atoms with Crippen molar-refractivity contribution in [2.24, 2.45) is 0 Å². The second-order valence-electron chi connectivity index (χ2n) is 9.26. The third-order valence-corrected chi connectivity index (χ3v) is 6.93. The van der Waals surface area contributed by atoms with Gasteiger partial charge in [-0.15, -0.1) is 0 Å². The van der Waals surface area contributed by atoms with Gasteiger partial charge >= 0.3 is 0 Å². The van der Waals surface area contributed by atoms with Crippen molar-refractivity contribution < 1.29 is 9.59 Å². The Morgan fingerprint density at radius 2 is 1.45 bits per heavy atom. The van der Waals surface area contributed by atoms with E-state index >= 15 is 0 Å². The topological polar surface area (TPSA) is 70.0 Å². The third kappa shape index (κ3) is 4.62. The van der Waals surface area contributed by atoms with Crippen LogP contribution >= 0.6 is 0 Å². The first-order valence-electron chi connectivity index (χ1n) is 12.7. The number of Topliss-reactive ketones (excluding diaryl/α,β-unsaturated/α-hetero) is 1. The van der Waals surface area contributed by atoms with E-state index in [1.165, 1.54) is 0 Å². The molecule has 1 N–H and O–H groups in total. The van der Waals surface area contributed by atoms with Crippen LogP contribution in [0, 0.1) is 0 Å². The number of nitrogens with one attached hydrogen (secondary N) is 1. The Kier molecular flexibility index (Phi) is 6.32. The predicted octanol–water partition coefficient (Wildman–Crippen LogP) is 5.15. The zero-order valence-electron chi connectivity index (χ0n) is 20.8. The number of nitrogens with zero attached hydrogens (tertiary/aromatic N) is 4. The van der Waals surface area contributed by atoms with Crippen LogP contribution in [0.4, 0.5) is 17.2 Å². The summed E-state index contributed by atoms with van der Waals surface area (Å²) in [5.41, 5.74) is 4.50. The number of ketones is 1. The lowest BCUT2D eigenvalue weighted by Crippen LogP contribution is -2.46. The highest BCUT2D eigenvalue weighted by Crippen LogP contribution is 2.29. The largest absolute Gasteiger partial charge is 0.368 e. The van der Waals surface area contributed by atoms with Gasteiger partial charge < -0.3 is 19.5 Å². The first-order valence-corrected chi connectivity index (χ1v) is 12.7. The van der Waals surface area contributed by atoms with Crippen molar-refractivity contribution >= 4 is 34.4 Å². The molecule has 0 spiro atoms. The fourth-order valence-electron chi connectivity index (χ4n) is 4.98. The molecule has 5 aromatic rings. The molecule has 1 saturated heterocycles. The zero-order chi connectivity index (χ0) is 25.9. The van der Waals surface area contributed by atoms with E-state index in [4.69, 9.17) is 0 Å².